The third kappa shape index (κ3) is 2.26. The molecule has 0 unspecified atom stereocenters. The second kappa shape index (κ2) is 4.89. The molecular weight excluding hydrogens is 308 g/mol. The van der Waals surface area contributed by atoms with E-state index in [0.717, 1.165) is 15.7 Å². The largest absolute Gasteiger partial charge is 0.397 e. The Morgan fingerprint density at radius 3 is 2.74 bits per heavy atom. The van der Waals surface area contributed by atoms with Crippen molar-refractivity contribution >= 4 is 38.3 Å². The summed E-state index contributed by atoms with van der Waals surface area (Å²) >= 11 is 3.52. The van der Waals surface area contributed by atoms with Gasteiger partial charge in [0.05, 0.1) is 11.4 Å². The van der Waals surface area contributed by atoms with Crippen molar-refractivity contribution in [1.82, 2.24) is 10.3 Å². The molecule has 0 saturated carbocycles. The summed E-state index contributed by atoms with van der Waals surface area (Å²) in [6, 6.07) is 11.7. The van der Waals surface area contributed by atoms with Gasteiger partial charge in [0, 0.05) is 11.0 Å². The Hall–Kier alpha value is -2.08. The Labute approximate surface area is 117 Å². The molecule has 0 spiro atoms. The Morgan fingerprint density at radius 1 is 1.11 bits per heavy atom. The Kier molecular flexibility index (Phi) is 3.08. The summed E-state index contributed by atoms with van der Waals surface area (Å²) in [4.78, 5) is 0. The fraction of sp³-hybridized carbons (Fsp3) is 0.0769. The molecular formula is C13H11BrN4O. The summed E-state index contributed by atoms with van der Waals surface area (Å²) in [5.74, 6) is 0. The first-order valence-electron chi connectivity index (χ1n) is 5.74. The first-order chi connectivity index (χ1) is 9.25. The highest BCUT2D eigenvalue weighted by molar-refractivity contribution is 9.10. The zero-order valence-electron chi connectivity index (χ0n) is 9.93. The van der Waals surface area contributed by atoms with Crippen LogP contribution in [0.1, 0.15) is 5.56 Å². The lowest BCUT2D eigenvalue weighted by molar-refractivity contribution is 0.316. The van der Waals surface area contributed by atoms with Gasteiger partial charge in [0.2, 0.25) is 0 Å². The maximum atomic E-state index is 5.80. The lowest BCUT2D eigenvalue weighted by Crippen LogP contribution is -2.01. The van der Waals surface area contributed by atoms with E-state index in [-0.39, 0.29) is 0 Å². The molecule has 1 heterocycles. The van der Waals surface area contributed by atoms with Gasteiger partial charge in [-0.05, 0) is 34.1 Å². The van der Waals surface area contributed by atoms with Crippen molar-refractivity contribution in [3.63, 3.8) is 0 Å². The van der Waals surface area contributed by atoms with Crippen molar-refractivity contribution in [2.75, 3.05) is 11.1 Å². The van der Waals surface area contributed by atoms with Crippen LogP contribution in [0.4, 0.5) is 11.4 Å². The summed E-state index contributed by atoms with van der Waals surface area (Å²) in [7, 11) is 0. The molecule has 5 nitrogen and oxygen atoms in total. The molecule has 6 heteroatoms. The maximum Gasteiger partial charge on any atom is 0.160 e. The molecule has 19 heavy (non-hydrogen) atoms. The number of hydrogen-bond acceptors (Lipinski definition) is 5. The van der Waals surface area contributed by atoms with E-state index in [4.69, 9.17) is 10.4 Å². The number of halogens is 1. The second-order valence-corrected chi connectivity index (χ2v) is 4.96. The number of fused-ring (bicyclic) bond motifs is 1. The van der Waals surface area contributed by atoms with Crippen LogP contribution in [0, 0.1) is 0 Å². The van der Waals surface area contributed by atoms with Gasteiger partial charge in [-0.2, -0.15) is 0 Å². The van der Waals surface area contributed by atoms with Gasteiger partial charge in [-0.1, -0.05) is 34.1 Å². The average Bonchev–Trinajstić information content (AvgIpc) is 2.90. The summed E-state index contributed by atoms with van der Waals surface area (Å²) in [6.07, 6.45) is 0. The normalized spacial score (nSPS) is 10.8. The maximum absolute atomic E-state index is 5.80. The van der Waals surface area contributed by atoms with Crippen LogP contribution < -0.4 is 11.1 Å². The fourth-order valence-electron chi connectivity index (χ4n) is 1.86. The number of rotatable bonds is 3. The molecule has 0 aliphatic heterocycles. The first-order valence-corrected chi connectivity index (χ1v) is 6.53. The molecule has 96 valence electrons. The third-order valence-electron chi connectivity index (χ3n) is 2.87. The molecule has 0 amide bonds. The molecule has 0 aliphatic carbocycles. The van der Waals surface area contributed by atoms with E-state index >= 15 is 0 Å². The van der Waals surface area contributed by atoms with Crippen LogP contribution >= 0.6 is 15.9 Å². The van der Waals surface area contributed by atoms with Crippen molar-refractivity contribution in [3.8, 4) is 0 Å². The van der Waals surface area contributed by atoms with E-state index in [1.807, 2.05) is 30.3 Å². The molecule has 0 bridgehead atoms. The molecule has 1 aromatic heterocycles. The Balaban J connectivity index is 1.88. The number of benzene rings is 2. The van der Waals surface area contributed by atoms with Gasteiger partial charge in [0.1, 0.15) is 0 Å². The number of nitrogens with two attached hydrogens (primary N) is 1. The van der Waals surface area contributed by atoms with Crippen LogP contribution in [0.15, 0.2) is 45.5 Å². The molecule has 0 aliphatic rings. The Morgan fingerprint density at radius 2 is 1.89 bits per heavy atom. The number of aromatic nitrogens is 2. The quantitative estimate of drug-likeness (QED) is 0.725. The molecule has 2 aromatic carbocycles. The predicted octanol–water partition coefficient (Wildman–Crippen LogP) is 3.18. The lowest BCUT2D eigenvalue weighted by Gasteiger charge is -2.08. The molecule has 3 aromatic rings. The third-order valence-corrected chi connectivity index (χ3v) is 3.65. The van der Waals surface area contributed by atoms with Crippen LogP contribution in [-0.4, -0.2) is 10.3 Å². The number of anilines is 2. The number of nitrogens with one attached hydrogen (secondary N) is 1. The number of nitrogen functional groups attached to an aromatic ring is 1. The van der Waals surface area contributed by atoms with Gasteiger partial charge in [-0.3, -0.25) is 0 Å². The van der Waals surface area contributed by atoms with Crippen LogP contribution in [0.2, 0.25) is 0 Å². The van der Waals surface area contributed by atoms with Crippen LogP contribution in [0.3, 0.4) is 0 Å². The predicted molar refractivity (Wildman–Crippen MR) is 77.7 cm³/mol. The highest BCUT2D eigenvalue weighted by atomic mass is 79.9. The molecule has 0 atom stereocenters. The number of nitrogens with zero attached hydrogens (tertiary/aromatic N) is 2. The van der Waals surface area contributed by atoms with Gasteiger partial charge >= 0.3 is 0 Å². The summed E-state index contributed by atoms with van der Waals surface area (Å²) < 4.78 is 5.80. The van der Waals surface area contributed by atoms with E-state index in [1.54, 1.807) is 6.07 Å². The van der Waals surface area contributed by atoms with Gasteiger partial charge in [0.15, 0.2) is 11.0 Å². The van der Waals surface area contributed by atoms with Gasteiger partial charge in [-0.25, -0.2) is 4.63 Å². The van der Waals surface area contributed by atoms with E-state index in [1.165, 1.54) is 0 Å². The van der Waals surface area contributed by atoms with Gasteiger partial charge in [-0.15, -0.1) is 0 Å². The fourth-order valence-corrected chi connectivity index (χ4v) is 2.29. The molecule has 3 N–H and O–H groups in total. The molecule has 0 saturated heterocycles. The van der Waals surface area contributed by atoms with E-state index < -0.39 is 0 Å². The van der Waals surface area contributed by atoms with E-state index in [0.29, 0.717) is 23.3 Å². The molecule has 3 rings (SSSR count). The highest BCUT2D eigenvalue weighted by Crippen LogP contribution is 2.26. The monoisotopic (exact) mass is 318 g/mol. The smallest absolute Gasteiger partial charge is 0.160 e. The van der Waals surface area contributed by atoms with Crippen molar-refractivity contribution in [1.29, 1.82) is 0 Å². The average molecular weight is 319 g/mol. The van der Waals surface area contributed by atoms with Crippen LogP contribution in [0.5, 0.6) is 0 Å². The lowest BCUT2D eigenvalue weighted by atomic mass is 10.2. The van der Waals surface area contributed by atoms with Gasteiger partial charge < -0.3 is 11.1 Å². The minimum Gasteiger partial charge on any atom is -0.397 e. The van der Waals surface area contributed by atoms with Gasteiger partial charge in [0.25, 0.3) is 0 Å². The van der Waals surface area contributed by atoms with Crippen LogP contribution in [-0.2, 0) is 6.54 Å². The second-order valence-electron chi connectivity index (χ2n) is 4.11. The summed E-state index contributed by atoms with van der Waals surface area (Å²) in [5, 5.41) is 11.0. The van der Waals surface area contributed by atoms with Crippen molar-refractivity contribution < 1.29 is 4.63 Å². The SMILES string of the molecule is Nc1ccc(NCc2ccccc2Br)c2nonc12. The first kappa shape index (κ1) is 12.0. The zero-order valence-corrected chi connectivity index (χ0v) is 11.5. The minimum atomic E-state index is 0.558. The van der Waals surface area contributed by atoms with Crippen molar-refractivity contribution in [3.05, 3.63) is 46.4 Å². The topological polar surface area (TPSA) is 77.0 Å². The summed E-state index contributed by atoms with van der Waals surface area (Å²) in [6.45, 7) is 0.674. The number of hydrogen-bond donors (Lipinski definition) is 2. The van der Waals surface area contributed by atoms with Crippen LogP contribution in [0.25, 0.3) is 11.0 Å². The molecule has 0 radical (unpaired) electrons. The van der Waals surface area contributed by atoms with Crippen molar-refractivity contribution in [2.24, 2.45) is 0 Å². The molecule has 0 fully saturated rings. The van der Waals surface area contributed by atoms with Crippen molar-refractivity contribution in [2.45, 2.75) is 6.54 Å². The van der Waals surface area contributed by atoms with E-state index in [9.17, 15) is 0 Å². The minimum absolute atomic E-state index is 0.558. The zero-order chi connectivity index (χ0) is 13.2. The van der Waals surface area contributed by atoms with E-state index in [2.05, 4.69) is 31.6 Å². The highest BCUT2D eigenvalue weighted by Gasteiger charge is 2.09. The standard InChI is InChI=1S/C13H11BrN4O/c14-9-4-2-1-3-8(9)7-16-11-6-5-10(15)12-13(11)18-19-17-12/h1-6,16H,7,15H2. The summed E-state index contributed by atoms with van der Waals surface area (Å²) in [5.41, 5.74) is 9.59. The Bertz CT molecular complexity index is 725.